The normalized spacial score (nSPS) is 19.5. The fraction of sp³-hybridized carbons (Fsp3) is 0.400. The number of piperidine rings is 1. The van der Waals surface area contributed by atoms with E-state index in [1.165, 1.54) is 10.8 Å². The molecule has 5 heteroatoms. The van der Waals surface area contributed by atoms with Gasteiger partial charge in [0, 0.05) is 6.54 Å². The SMILES string of the molecule is C[C@H](NC(=O)CN1CCC[C@H](C(N)=O)C1)c1ccc2ccccc2c1. The Morgan fingerprint density at radius 1 is 1.24 bits per heavy atom. The van der Waals surface area contributed by atoms with Crippen molar-refractivity contribution in [1.82, 2.24) is 10.2 Å². The van der Waals surface area contributed by atoms with E-state index in [0.29, 0.717) is 13.1 Å². The Morgan fingerprint density at radius 3 is 2.76 bits per heavy atom. The summed E-state index contributed by atoms with van der Waals surface area (Å²) in [4.78, 5) is 25.7. The first-order valence-corrected chi connectivity index (χ1v) is 8.82. The number of benzene rings is 2. The van der Waals surface area contributed by atoms with Crippen molar-refractivity contribution in [3.63, 3.8) is 0 Å². The molecular weight excluding hydrogens is 314 g/mol. The quantitative estimate of drug-likeness (QED) is 0.877. The van der Waals surface area contributed by atoms with Crippen molar-refractivity contribution in [3.8, 4) is 0 Å². The number of fused-ring (bicyclic) bond motifs is 1. The van der Waals surface area contributed by atoms with E-state index in [1.807, 2.05) is 24.0 Å². The largest absolute Gasteiger partial charge is 0.369 e. The van der Waals surface area contributed by atoms with E-state index in [1.54, 1.807) is 0 Å². The Morgan fingerprint density at radius 2 is 2.00 bits per heavy atom. The average molecular weight is 339 g/mol. The second-order valence-corrected chi connectivity index (χ2v) is 6.87. The maximum atomic E-state index is 12.4. The van der Waals surface area contributed by atoms with Gasteiger partial charge in [0.1, 0.15) is 0 Å². The van der Waals surface area contributed by atoms with Gasteiger partial charge in [0.25, 0.3) is 0 Å². The van der Waals surface area contributed by atoms with Gasteiger partial charge >= 0.3 is 0 Å². The van der Waals surface area contributed by atoms with Crippen LogP contribution >= 0.6 is 0 Å². The van der Waals surface area contributed by atoms with Gasteiger partial charge in [-0.15, -0.1) is 0 Å². The number of carbonyl (C=O) groups excluding carboxylic acids is 2. The van der Waals surface area contributed by atoms with Gasteiger partial charge in [-0.3, -0.25) is 14.5 Å². The number of primary amides is 1. The molecule has 3 N–H and O–H groups in total. The lowest BCUT2D eigenvalue weighted by Crippen LogP contribution is -2.45. The number of carbonyl (C=O) groups is 2. The number of hydrogen-bond donors (Lipinski definition) is 2. The number of nitrogens with zero attached hydrogens (tertiary/aromatic N) is 1. The molecule has 2 amide bonds. The van der Waals surface area contributed by atoms with Gasteiger partial charge in [-0.1, -0.05) is 36.4 Å². The third-order valence-electron chi connectivity index (χ3n) is 4.93. The molecule has 1 aliphatic heterocycles. The highest BCUT2D eigenvalue weighted by Gasteiger charge is 2.25. The Hall–Kier alpha value is -2.40. The van der Waals surface area contributed by atoms with Crippen molar-refractivity contribution in [2.45, 2.75) is 25.8 Å². The van der Waals surface area contributed by atoms with Crippen LogP contribution in [0.3, 0.4) is 0 Å². The molecule has 132 valence electrons. The fourth-order valence-electron chi connectivity index (χ4n) is 3.48. The predicted molar refractivity (Wildman–Crippen MR) is 98.9 cm³/mol. The number of amides is 2. The average Bonchev–Trinajstić information content (AvgIpc) is 2.61. The summed E-state index contributed by atoms with van der Waals surface area (Å²) in [7, 11) is 0. The van der Waals surface area contributed by atoms with Crippen molar-refractivity contribution in [2.75, 3.05) is 19.6 Å². The van der Waals surface area contributed by atoms with Gasteiger partial charge < -0.3 is 11.1 Å². The first kappa shape index (κ1) is 17.4. The van der Waals surface area contributed by atoms with Crippen LogP contribution in [0.15, 0.2) is 42.5 Å². The summed E-state index contributed by atoms with van der Waals surface area (Å²) in [6.07, 6.45) is 1.72. The van der Waals surface area contributed by atoms with Crippen molar-refractivity contribution < 1.29 is 9.59 Å². The van der Waals surface area contributed by atoms with Crippen molar-refractivity contribution >= 4 is 22.6 Å². The lowest BCUT2D eigenvalue weighted by Gasteiger charge is -2.30. The molecule has 0 bridgehead atoms. The van der Waals surface area contributed by atoms with Crippen LogP contribution in [-0.4, -0.2) is 36.3 Å². The summed E-state index contributed by atoms with van der Waals surface area (Å²) in [5.74, 6) is -0.431. The van der Waals surface area contributed by atoms with E-state index in [-0.39, 0.29) is 23.8 Å². The molecule has 1 heterocycles. The van der Waals surface area contributed by atoms with E-state index in [4.69, 9.17) is 5.73 Å². The molecule has 0 aromatic heterocycles. The Kier molecular flexibility index (Phi) is 5.34. The van der Waals surface area contributed by atoms with Gasteiger partial charge in [-0.25, -0.2) is 0 Å². The Labute approximate surface area is 148 Å². The van der Waals surface area contributed by atoms with Crippen LogP contribution in [0.25, 0.3) is 10.8 Å². The van der Waals surface area contributed by atoms with Crippen LogP contribution < -0.4 is 11.1 Å². The number of likely N-dealkylation sites (tertiary alicyclic amines) is 1. The summed E-state index contributed by atoms with van der Waals surface area (Å²) in [6.45, 7) is 3.71. The number of nitrogens with two attached hydrogens (primary N) is 1. The first-order valence-electron chi connectivity index (χ1n) is 8.82. The molecule has 3 rings (SSSR count). The molecular formula is C20H25N3O2. The molecule has 25 heavy (non-hydrogen) atoms. The molecule has 1 saturated heterocycles. The molecule has 0 radical (unpaired) electrons. The Balaban J connectivity index is 1.58. The van der Waals surface area contributed by atoms with Gasteiger partial charge in [0.05, 0.1) is 18.5 Å². The van der Waals surface area contributed by atoms with Crippen LogP contribution in [0.2, 0.25) is 0 Å². The number of rotatable bonds is 5. The van der Waals surface area contributed by atoms with Crippen LogP contribution in [0.1, 0.15) is 31.4 Å². The maximum Gasteiger partial charge on any atom is 0.234 e. The number of nitrogens with one attached hydrogen (secondary N) is 1. The van der Waals surface area contributed by atoms with E-state index < -0.39 is 0 Å². The third kappa shape index (κ3) is 4.37. The second kappa shape index (κ2) is 7.66. The van der Waals surface area contributed by atoms with Crippen LogP contribution in [0, 0.1) is 5.92 Å². The van der Waals surface area contributed by atoms with Crippen molar-refractivity contribution in [1.29, 1.82) is 0 Å². The van der Waals surface area contributed by atoms with Crippen molar-refractivity contribution in [2.24, 2.45) is 11.7 Å². The zero-order valence-electron chi connectivity index (χ0n) is 14.6. The summed E-state index contributed by atoms with van der Waals surface area (Å²) in [6, 6.07) is 14.4. The highest BCUT2D eigenvalue weighted by Crippen LogP contribution is 2.20. The third-order valence-corrected chi connectivity index (χ3v) is 4.93. The highest BCUT2D eigenvalue weighted by molar-refractivity contribution is 5.83. The molecule has 1 aliphatic rings. The van der Waals surface area contributed by atoms with Gasteiger partial charge in [0.2, 0.25) is 11.8 Å². The van der Waals surface area contributed by atoms with Gasteiger partial charge in [-0.2, -0.15) is 0 Å². The maximum absolute atomic E-state index is 12.4. The van der Waals surface area contributed by atoms with Crippen LogP contribution in [0.5, 0.6) is 0 Å². The van der Waals surface area contributed by atoms with Gasteiger partial charge in [0.15, 0.2) is 0 Å². The lowest BCUT2D eigenvalue weighted by molar-refractivity contribution is -0.127. The topological polar surface area (TPSA) is 75.4 Å². The first-order chi connectivity index (χ1) is 12.0. The molecule has 0 unspecified atom stereocenters. The predicted octanol–water partition coefficient (Wildman–Crippen LogP) is 2.21. The minimum absolute atomic E-state index is 0.0224. The van der Waals surface area contributed by atoms with E-state index in [2.05, 4.69) is 35.6 Å². The van der Waals surface area contributed by atoms with Crippen molar-refractivity contribution in [3.05, 3.63) is 48.0 Å². The lowest BCUT2D eigenvalue weighted by atomic mass is 9.97. The van der Waals surface area contributed by atoms with Gasteiger partial charge in [-0.05, 0) is 48.7 Å². The molecule has 0 spiro atoms. The molecule has 1 fully saturated rings. The fourth-order valence-corrected chi connectivity index (χ4v) is 3.48. The molecule has 2 atom stereocenters. The summed E-state index contributed by atoms with van der Waals surface area (Å²) >= 11 is 0. The highest BCUT2D eigenvalue weighted by atomic mass is 16.2. The smallest absolute Gasteiger partial charge is 0.234 e. The molecule has 0 saturated carbocycles. The molecule has 5 nitrogen and oxygen atoms in total. The van der Waals surface area contributed by atoms with E-state index >= 15 is 0 Å². The standard InChI is InChI=1S/C20H25N3O2/c1-14(16-9-8-15-5-2-3-6-17(15)11-16)22-19(24)13-23-10-4-7-18(12-23)20(21)25/h2-3,5-6,8-9,11,14,18H,4,7,10,12-13H2,1H3,(H2,21,25)(H,22,24)/t14-,18-/m0/s1. The molecule has 2 aromatic carbocycles. The minimum Gasteiger partial charge on any atom is -0.369 e. The zero-order chi connectivity index (χ0) is 17.8. The van der Waals surface area contributed by atoms with Crippen LogP contribution in [-0.2, 0) is 9.59 Å². The van der Waals surface area contributed by atoms with Crippen LogP contribution in [0.4, 0.5) is 0 Å². The minimum atomic E-state index is -0.269. The molecule has 0 aliphatic carbocycles. The van der Waals surface area contributed by atoms with E-state index in [0.717, 1.165) is 24.9 Å². The number of hydrogen-bond acceptors (Lipinski definition) is 3. The monoisotopic (exact) mass is 339 g/mol. The zero-order valence-corrected chi connectivity index (χ0v) is 14.6. The summed E-state index contributed by atoms with van der Waals surface area (Å²) in [5.41, 5.74) is 6.48. The second-order valence-electron chi connectivity index (χ2n) is 6.87. The van der Waals surface area contributed by atoms with E-state index in [9.17, 15) is 9.59 Å². The summed E-state index contributed by atoms with van der Waals surface area (Å²) in [5, 5.41) is 5.41. The summed E-state index contributed by atoms with van der Waals surface area (Å²) < 4.78 is 0. The Bertz CT molecular complexity index is 774. The molecule has 2 aromatic rings.